The van der Waals surface area contributed by atoms with Crippen LogP contribution in [0.2, 0.25) is 0 Å². The van der Waals surface area contributed by atoms with Gasteiger partial charge < -0.3 is 5.32 Å². The van der Waals surface area contributed by atoms with Crippen molar-refractivity contribution in [2.75, 3.05) is 11.6 Å². The van der Waals surface area contributed by atoms with Crippen molar-refractivity contribution in [3.8, 4) is 0 Å². The third kappa shape index (κ3) is 3.15. The summed E-state index contributed by atoms with van der Waals surface area (Å²) in [6.07, 6.45) is 2.01. The quantitative estimate of drug-likeness (QED) is 0.743. The average molecular weight is 332 g/mol. The zero-order chi connectivity index (χ0) is 15.7. The number of nitrogens with one attached hydrogen (secondary N) is 1. The number of thioether (sulfide) groups is 1. The second-order valence-electron chi connectivity index (χ2n) is 5.00. The van der Waals surface area contributed by atoms with Crippen LogP contribution in [0.1, 0.15) is 11.4 Å². The normalized spacial score (nSPS) is 11.0. The highest BCUT2D eigenvalue weighted by atomic mass is 32.2. The van der Waals surface area contributed by atoms with Gasteiger partial charge in [0.15, 0.2) is 4.34 Å². The molecule has 0 radical (unpaired) electrons. The van der Waals surface area contributed by atoms with E-state index in [0.29, 0.717) is 0 Å². The van der Waals surface area contributed by atoms with Gasteiger partial charge in [-0.05, 0) is 44.4 Å². The highest BCUT2D eigenvalue weighted by molar-refractivity contribution is 8.00. The summed E-state index contributed by atoms with van der Waals surface area (Å²) in [4.78, 5) is 16.6. The monoisotopic (exact) mass is 332 g/mol. The smallest absolute Gasteiger partial charge is 0.246 e. The molecule has 0 saturated carbocycles. The van der Waals surface area contributed by atoms with E-state index in [1.165, 1.54) is 0 Å². The number of carbonyl (C=O) groups excluding carboxylic acids is 1. The van der Waals surface area contributed by atoms with Crippen molar-refractivity contribution in [2.24, 2.45) is 0 Å². The van der Waals surface area contributed by atoms with E-state index < -0.39 is 0 Å². The van der Waals surface area contributed by atoms with Crippen molar-refractivity contribution < 1.29 is 4.79 Å². The maximum atomic E-state index is 12.2. The summed E-state index contributed by atoms with van der Waals surface area (Å²) >= 11 is 3.26. The molecule has 3 aromatic rings. The summed E-state index contributed by atoms with van der Waals surface area (Å²) in [5.41, 5.74) is 3.65. The van der Waals surface area contributed by atoms with Gasteiger partial charge in [-0.1, -0.05) is 11.8 Å². The van der Waals surface area contributed by atoms with Crippen LogP contribution in [-0.4, -0.2) is 26.9 Å². The molecule has 1 aromatic carbocycles. The lowest BCUT2D eigenvalue weighted by molar-refractivity contribution is -0.116. The van der Waals surface area contributed by atoms with Gasteiger partial charge in [0.05, 0.1) is 15.9 Å². The van der Waals surface area contributed by atoms with Crippen LogP contribution in [0.15, 0.2) is 28.6 Å². The number of anilines is 1. The standard InChI is InChI=1S/C15H16N4OS2/c1-9-6-10(2)19(18-9)8-14(20)16-11-4-5-12-13(7-11)22-15(17-12)21-3/h4-7H,8H2,1-3H3,(H,16,20). The molecule has 0 aliphatic rings. The maximum absolute atomic E-state index is 12.2. The number of benzene rings is 1. The Bertz CT molecular complexity index is 837. The predicted octanol–water partition coefficient (Wildman–Crippen LogP) is 3.47. The largest absolute Gasteiger partial charge is 0.324 e. The van der Waals surface area contributed by atoms with E-state index in [-0.39, 0.29) is 12.5 Å². The molecule has 2 aromatic heterocycles. The summed E-state index contributed by atoms with van der Waals surface area (Å²) in [5, 5.41) is 7.22. The number of carbonyl (C=O) groups is 1. The minimum absolute atomic E-state index is 0.0832. The molecule has 1 N–H and O–H groups in total. The fourth-order valence-corrected chi connectivity index (χ4v) is 3.77. The zero-order valence-corrected chi connectivity index (χ0v) is 14.2. The van der Waals surface area contributed by atoms with Gasteiger partial charge in [-0.15, -0.1) is 11.3 Å². The number of rotatable bonds is 4. The molecular weight excluding hydrogens is 316 g/mol. The summed E-state index contributed by atoms with van der Waals surface area (Å²) in [6.45, 7) is 4.08. The lowest BCUT2D eigenvalue weighted by atomic mass is 10.3. The zero-order valence-electron chi connectivity index (χ0n) is 12.6. The van der Waals surface area contributed by atoms with E-state index in [1.807, 2.05) is 44.4 Å². The SMILES string of the molecule is CSc1nc2ccc(NC(=O)Cn3nc(C)cc3C)cc2s1. The first-order valence-corrected chi connectivity index (χ1v) is 8.85. The van der Waals surface area contributed by atoms with Gasteiger partial charge in [0.1, 0.15) is 6.54 Å². The van der Waals surface area contributed by atoms with Crippen molar-refractivity contribution in [2.45, 2.75) is 24.7 Å². The van der Waals surface area contributed by atoms with Gasteiger partial charge in [0.25, 0.3) is 0 Å². The number of aryl methyl sites for hydroxylation is 2. The minimum Gasteiger partial charge on any atom is -0.324 e. The third-order valence-corrected chi connectivity index (χ3v) is 5.23. The molecule has 2 heterocycles. The molecule has 0 unspecified atom stereocenters. The molecular formula is C15H16N4OS2. The van der Waals surface area contributed by atoms with Crippen LogP contribution in [0.5, 0.6) is 0 Å². The second-order valence-corrected chi connectivity index (χ2v) is 7.08. The van der Waals surface area contributed by atoms with Gasteiger partial charge >= 0.3 is 0 Å². The number of amides is 1. The molecule has 0 saturated heterocycles. The molecule has 0 fully saturated rings. The van der Waals surface area contributed by atoms with E-state index in [0.717, 1.165) is 31.6 Å². The summed E-state index contributed by atoms with van der Waals surface area (Å²) in [5.74, 6) is -0.0832. The molecule has 0 aliphatic carbocycles. The topological polar surface area (TPSA) is 59.8 Å². The molecule has 114 valence electrons. The van der Waals surface area contributed by atoms with Crippen molar-refractivity contribution in [3.05, 3.63) is 35.7 Å². The Kier molecular flexibility index (Phi) is 4.17. The van der Waals surface area contributed by atoms with E-state index in [1.54, 1.807) is 27.8 Å². The molecule has 7 heteroatoms. The fourth-order valence-electron chi connectivity index (χ4n) is 2.24. The maximum Gasteiger partial charge on any atom is 0.246 e. The number of hydrogen-bond donors (Lipinski definition) is 1. The third-order valence-electron chi connectivity index (χ3n) is 3.22. The van der Waals surface area contributed by atoms with Crippen molar-refractivity contribution >= 4 is 44.9 Å². The van der Waals surface area contributed by atoms with Crippen LogP contribution in [-0.2, 0) is 11.3 Å². The summed E-state index contributed by atoms with van der Waals surface area (Å²) in [7, 11) is 0. The van der Waals surface area contributed by atoms with Crippen LogP contribution in [0, 0.1) is 13.8 Å². The Balaban J connectivity index is 1.74. The van der Waals surface area contributed by atoms with Crippen LogP contribution in [0.3, 0.4) is 0 Å². The Labute approximate surface area is 136 Å². The van der Waals surface area contributed by atoms with Crippen LogP contribution >= 0.6 is 23.1 Å². The first kappa shape index (κ1) is 15.1. The highest BCUT2D eigenvalue weighted by Gasteiger charge is 2.09. The Hall–Kier alpha value is -1.86. The number of thiazole rings is 1. The molecule has 3 rings (SSSR count). The molecule has 0 aliphatic heterocycles. The van der Waals surface area contributed by atoms with Gasteiger partial charge in [0.2, 0.25) is 5.91 Å². The number of fused-ring (bicyclic) bond motifs is 1. The Morgan fingerprint density at radius 3 is 2.86 bits per heavy atom. The molecule has 0 bridgehead atoms. The van der Waals surface area contributed by atoms with Crippen molar-refractivity contribution in [1.82, 2.24) is 14.8 Å². The van der Waals surface area contributed by atoms with Gasteiger partial charge in [-0.3, -0.25) is 9.48 Å². The van der Waals surface area contributed by atoms with Crippen LogP contribution in [0.25, 0.3) is 10.2 Å². The van der Waals surface area contributed by atoms with Gasteiger partial charge in [-0.25, -0.2) is 4.98 Å². The molecule has 1 amide bonds. The van der Waals surface area contributed by atoms with Gasteiger partial charge in [-0.2, -0.15) is 5.10 Å². The van der Waals surface area contributed by atoms with Crippen LogP contribution < -0.4 is 5.32 Å². The Morgan fingerprint density at radius 2 is 2.18 bits per heavy atom. The lowest BCUT2D eigenvalue weighted by Crippen LogP contribution is -2.20. The van der Waals surface area contributed by atoms with Crippen LogP contribution in [0.4, 0.5) is 5.69 Å². The molecule has 22 heavy (non-hydrogen) atoms. The average Bonchev–Trinajstić information content (AvgIpc) is 3.01. The Morgan fingerprint density at radius 1 is 1.36 bits per heavy atom. The van der Waals surface area contributed by atoms with Gasteiger partial charge in [0, 0.05) is 11.4 Å². The number of aromatic nitrogens is 3. The first-order chi connectivity index (χ1) is 10.5. The predicted molar refractivity (Wildman–Crippen MR) is 91.7 cm³/mol. The highest BCUT2D eigenvalue weighted by Crippen LogP contribution is 2.29. The summed E-state index contributed by atoms with van der Waals surface area (Å²) in [6, 6.07) is 7.74. The molecule has 5 nitrogen and oxygen atoms in total. The first-order valence-electron chi connectivity index (χ1n) is 6.80. The number of hydrogen-bond acceptors (Lipinski definition) is 5. The fraction of sp³-hybridized carbons (Fsp3) is 0.267. The van der Waals surface area contributed by atoms with E-state index in [2.05, 4.69) is 15.4 Å². The van der Waals surface area contributed by atoms with E-state index >= 15 is 0 Å². The van der Waals surface area contributed by atoms with E-state index in [4.69, 9.17) is 0 Å². The van der Waals surface area contributed by atoms with E-state index in [9.17, 15) is 4.79 Å². The van der Waals surface area contributed by atoms with Crippen molar-refractivity contribution in [3.63, 3.8) is 0 Å². The minimum atomic E-state index is -0.0832. The second kappa shape index (κ2) is 6.10. The lowest BCUT2D eigenvalue weighted by Gasteiger charge is -2.06. The molecule has 0 spiro atoms. The summed E-state index contributed by atoms with van der Waals surface area (Å²) < 4.78 is 3.82. The van der Waals surface area contributed by atoms with Crippen molar-refractivity contribution in [1.29, 1.82) is 0 Å². The molecule has 0 atom stereocenters. The number of nitrogens with zero attached hydrogens (tertiary/aromatic N) is 3.